The third kappa shape index (κ3) is 3.08. The monoisotopic (exact) mass is 400 g/mol. The van der Waals surface area contributed by atoms with Gasteiger partial charge in [0.2, 0.25) is 11.8 Å². The van der Waals surface area contributed by atoms with Crippen molar-refractivity contribution in [2.75, 3.05) is 13.2 Å². The molecule has 0 aliphatic carbocycles. The second kappa shape index (κ2) is 7.43. The normalized spacial score (nSPS) is 26.2. The summed E-state index contributed by atoms with van der Waals surface area (Å²) in [5, 5.41) is 8.89. The maximum atomic E-state index is 12.6. The third-order valence-electron chi connectivity index (χ3n) is 6.00. The molecule has 0 saturated carbocycles. The molecule has 6 nitrogen and oxygen atoms in total. The topological polar surface area (TPSA) is 79.6 Å². The Morgan fingerprint density at radius 3 is 2.03 bits per heavy atom. The number of imide groups is 1. The van der Waals surface area contributed by atoms with E-state index in [4.69, 9.17) is 14.7 Å². The average Bonchev–Trinajstić information content (AvgIpc) is 3.46. The highest BCUT2D eigenvalue weighted by atomic mass is 16.5. The Kier molecular flexibility index (Phi) is 4.61. The standard InChI is InChI=1S/C24H20N2O4/c25-14-15-2-4-16(5-3-15)17-6-8-18(9-7-17)29-13-1-12-26-23(27)21-19-10-11-20(30-19)22(21)24(26)28/h2-11,19-22H,1,12-13H2. The van der Waals surface area contributed by atoms with Gasteiger partial charge >= 0.3 is 0 Å². The lowest BCUT2D eigenvalue weighted by molar-refractivity contribution is -0.142. The van der Waals surface area contributed by atoms with Crippen LogP contribution in [-0.2, 0) is 14.3 Å². The number of hydrogen-bond donors (Lipinski definition) is 0. The van der Waals surface area contributed by atoms with E-state index in [0.29, 0.717) is 25.1 Å². The Hall–Kier alpha value is -3.43. The Morgan fingerprint density at radius 2 is 1.47 bits per heavy atom. The molecular weight excluding hydrogens is 380 g/mol. The summed E-state index contributed by atoms with van der Waals surface area (Å²) in [5.41, 5.74) is 2.70. The van der Waals surface area contributed by atoms with Gasteiger partial charge in [0.05, 0.1) is 42.3 Å². The summed E-state index contributed by atoms with van der Waals surface area (Å²) >= 11 is 0. The first kappa shape index (κ1) is 18.6. The van der Waals surface area contributed by atoms with Crippen LogP contribution in [0.2, 0.25) is 0 Å². The fraction of sp³-hybridized carbons (Fsp3) is 0.292. The van der Waals surface area contributed by atoms with Crippen molar-refractivity contribution in [1.82, 2.24) is 4.90 Å². The maximum Gasteiger partial charge on any atom is 0.236 e. The van der Waals surface area contributed by atoms with E-state index in [0.717, 1.165) is 16.9 Å². The molecule has 6 heteroatoms. The largest absolute Gasteiger partial charge is 0.494 e. The molecule has 2 fully saturated rings. The van der Waals surface area contributed by atoms with E-state index in [9.17, 15) is 9.59 Å². The van der Waals surface area contributed by atoms with Gasteiger partial charge in [0.15, 0.2) is 0 Å². The molecule has 0 aromatic heterocycles. The number of nitriles is 1. The predicted octanol–water partition coefficient (Wildman–Crippen LogP) is 2.93. The van der Waals surface area contributed by atoms with E-state index in [2.05, 4.69) is 6.07 Å². The van der Waals surface area contributed by atoms with Crippen LogP contribution in [0.25, 0.3) is 11.1 Å². The SMILES string of the molecule is N#Cc1ccc(-c2ccc(OCCCN3C(=O)C4C5C=CC(O5)C4C3=O)cc2)cc1. The van der Waals surface area contributed by atoms with E-state index in [-0.39, 0.29) is 35.9 Å². The van der Waals surface area contributed by atoms with Crippen LogP contribution in [0.1, 0.15) is 12.0 Å². The highest BCUT2D eigenvalue weighted by Crippen LogP contribution is 2.45. The highest BCUT2D eigenvalue weighted by Gasteiger charge is 2.60. The van der Waals surface area contributed by atoms with Crippen LogP contribution in [0, 0.1) is 23.2 Å². The number of hydrogen-bond acceptors (Lipinski definition) is 5. The van der Waals surface area contributed by atoms with Crippen LogP contribution in [0.5, 0.6) is 5.75 Å². The van der Waals surface area contributed by atoms with Crippen LogP contribution in [0.3, 0.4) is 0 Å². The van der Waals surface area contributed by atoms with Crippen LogP contribution < -0.4 is 4.74 Å². The van der Waals surface area contributed by atoms with Gasteiger partial charge in [-0.05, 0) is 41.8 Å². The van der Waals surface area contributed by atoms with E-state index >= 15 is 0 Å². The molecule has 150 valence electrons. The number of nitrogens with zero attached hydrogens (tertiary/aromatic N) is 2. The van der Waals surface area contributed by atoms with Gasteiger partial charge in [-0.1, -0.05) is 36.4 Å². The fourth-order valence-corrected chi connectivity index (χ4v) is 4.48. The first-order chi connectivity index (χ1) is 14.7. The van der Waals surface area contributed by atoms with Crippen molar-refractivity contribution in [1.29, 1.82) is 5.26 Å². The number of benzene rings is 2. The number of amides is 2. The minimum atomic E-state index is -0.344. The van der Waals surface area contributed by atoms with Gasteiger partial charge in [-0.15, -0.1) is 0 Å². The van der Waals surface area contributed by atoms with Crippen molar-refractivity contribution in [2.24, 2.45) is 11.8 Å². The van der Waals surface area contributed by atoms with Crippen LogP contribution in [0.4, 0.5) is 0 Å². The molecule has 0 N–H and O–H groups in total. The molecule has 4 atom stereocenters. The average molecular weight is 400 g/mol. The molecule has 4 unspecified atom stereocenters. The first-order valence-electron chi connectivity index (χ1n) is 10.1. The van der Waals surface area contributed by atoms with Crippen LogP contribution in [-0.4, -0.2) is 42.1 Å². The summed E-state index contributed by atoms with van der Waals surface area (Å²) in [6.07, 6.45) is 3.88. The van der Waals surface area contributed by atoms with Gasteiger partial charge in [-0.2, -0.15) is 5.26 Å². The lowest BCUT2D eigenvalue weighted by Crippen LogP contribution is -2.35. The third-order valence-corrected chi connectivity index (χ3v) is 6.00. The van der Waals surface area contributed by atoms with E-state index in [1.807, 2.05) is 48.6 Å². The Morgan fingerprint density at radius 1 is 0.900 bits per heavy atom. The zero-order valence-electron chi connectivity index (χ0n) is 16.2. The predicted molar refractivity (Wildman–Crippen MR) is 108 cm³/mol. The lowest BCUT2D eigenvalue weighted by atomic mass is 9.85. The number of likely N-dealkylation sites (tertiary alicyclic amines) is 1. The number of carbonyl (C=O) groups is 2. The lowest BCUT2D eigenvalue weighted by Gasteiger charge is -2.17. The molecule has 0 radical (unpaired) electrons. The van der Waals surface area contributed by atoms with Gasteiger partial charge in [0.25, 0.3) is 0 Å². The van der Waals surface area contributed by atoms with E-state index in [1.54, 1.807) is 12.1 Å². The number of carbonyl (C=O) groups excluding carboxylic acids is 2. The van der Waals surface area contributed by atoms with Gasteiger partial charge in [-0.25, -0.2) is 0 Å². The minimum absolute atomic E-state index is 0.117. The van der Waals surface area contributed by atoms with Crippen molar-refractivity contribution in [2.45, 2.75) is 18.6 Å². The summed E-state index contributed by atoms with van der Waals surface area (Å²) in [6.45, 7) is 0.789. The Labute approximate surface area is 174 Å². The van der Waals surface area contributed by atoms with Crippen molar-refractivity contribution in [3.8, 4) is 22.9 Å². The molecule has 3 heterocycles. The molecular formula is C24H20N2O4. The second-order valence-electron chi connectivity index (χ2n) is 7.75. The molecule has 2 aromatic rings. The van der Waals surface area contributed by atoms with Crippen molar-refractivity contribution in [3.05, 3.63) is 66.2 Å². The molecule has 0 spiro atoms. The summed E-state index contributed by atoms with van der Waals surface area (Å²) in [6, 6.07) is 17.3. The molecule has 2 amide bonds. The Bertz CT molecular complexity index is 1020. The molecule has 2 bridgehead atoms. The summed E-state index contributed by atoms with van der Waals surface area (Å²) in [5.74, 6) is -0.187. The van der Waals surface area contributed by atoms with E-state index < -0.39 is 0 Å². The Balaban J connectivity index is 1.13. The van der Waals surface area contributed by atoms with Crippen molar-refractivity contribution < 1.29 is 19.1 Å². The van der Waals surface area contributed by atoms with Crippen molar-refractivity contribution in [3.63, 3.8) is 0 Å². The maximum absolute atomic E-state index is 12.6. The van der Waals surface area contributed by atoms with E-state index in [1.165, 1.54) is 4.90 Å². The van der Waals surface area contributed by atoms with Crippen LogP contribution in [0.15, 0.2) is 60.7 Å². The number of fused-ring (bicyclic) bond motifs is 5. The highest BCUT2D eigenvalue weighted by molar-refractivity contribution is 6.06. The summed E-state index contributed by atoms with van der Waals surface area (Å²) in [7, 11) is 0. The smallest absolute Gasteiger partial charge is 0.236 e. The van der Waals surface area contributed by atoms with Gasteiger partial charge in [-0.3, -0.25) is 14.5 Å². The summed E-state index contributed by atoms with van der Waals surface area (Å²) < 4.78 is 11.4. The number of ether oxygens (including phenoxy) is 2. The molecule has 2 aromatic carbocycles. The molecule has 3 aliphatic rings. The van der Waals surface area contributed by atoms with Crippen LogP contribution >= 0.6 is 0 Å². The van der Waals surface area contributed by atoms with Gasteiger partial charge < -0.3 is 9.47 Å². The second-order valence-corrected chi connectivity index (χ2v) is 7.75. The molecule has 30 heavy (non-hydrogen) atoms. The zero-order chi connectivity index (χ0) is 20.7. The molecule has 2 saturated heterocycles. The fourth-order valence-electron chi connectivity index (χ4n) is 4.48. The first-order valence-corrected chi connectivity index (χ1v) is 10.1. The van der Waals surface area contributed by atoms with Gasteiger partial charge in [0.1, 0.15) is 5.75 Å². The molecule has 3 aliphatic heterocycles. The molecule has 5 rings (SSSR count). The quantitative estimate of drug-likeness (QED) is 0.423. The van der Waals surface area contributed by atoms with Gasteiger partial charge in [0, 0.05) is 6.54 Å². The summed E-state index contributed by atoms with van der Waals surface area (Å²) in [4.78, 5) is 26.6. The zero-order valence-corrected chi connectivity index (χ0v) is 16.2. The minimum Gasteiger partial charge on any atom is -0.494 e. The number of rotatable bonds is 6. The van der Waals surface area contributed by atoms with Crippen molar-refractivity contribution >= 4 is 11.8 Å².